The van der Waals surface area contributed by atoms with Gasteiger partial charge in [-0.3, -0.25) is 9.55 Å². The number of fused-ring (bicyclic) bond motifs is 6. The number of nitrogens with zero attached hydrogens (tertiary/aromatic N) is 8. The maximum atomic E-state index is 6.50. The summed E-state index contributed by atoms with van der Waals surface area (Å²) in [6.45, 7) is 0. The van der Waals surface area contributed by atoms with Gasteiger partial charge >= 0.3 is 0 Å². The van der Waals surface area contributed by atoms with Crippen molar-refractivity contribution in [1.29, 1.82) is 0 Å². The highest BCUT2D eigenvalue weighted by Gasteiger charge is 2.16. The number of benzene rings is 6. The second-order valence-corrected chi connectivity index (χ2v) is 14.9. The molecule has 12 aromatic rings. The number of ether oxygens (including phenoxy) is 1. The van der Waals surface area contributed by atoms with E-state index in [4.69, 9.17) is 24.9 Å². The molecule has 0 atom stereocenters. The van der Waals surface area contributed by atoms with Gasteiger partial charge in [-0.05, 0) is 97.1 Å². The standard InChI is InChI=1S/C52H34N8O/c1-3-16-48-43(13-1)44-15-7-30-54-52(44)58(48)38-25-21-36(22-26-38)47-28-32-56-60(47)40-10-6-12-42(34-40)61-41-11-5-9-39(33-41)59-46(27-31-55-59)35-19-23-37(24-20-35)57-49-17-4-2-14-45(49)51-50(57)18-8-29-53-51/h1-34H. The van der Waals surface area contributed by atoms with Crippen molar-refractivity contribution < 1.29 is 4.74 Å². The molecule has 12 rings (SSSR count). The van der Waals surface area contributed by atoms with Gasteiger partial charge in [-0.25, -0.2) is 14.3 Å². The molecule has 0 unspecified atom stereocenters. The van der Waals surface area contributed by atoms with Crippen molar-refractivity contribution in [3.05, 3.63) is 207 Å². The van der Waals surface area contributed by atoms with Crippen molar-refractivity contribution >= 4 is 43.9 Å². The number of para-hydroxylation sites is 2. The summed E-state index contributed by atoms with van der Waals surface area (Å²) in [5.41, 5.74) is 13.2. The number of hydrogen-bond acceptors (Lipinski definition) is 5. The van der Waals surface area contributed by atoms with E-state index >= 15 is 0 Å². The van der Waals surface area contributed by atoms with E-state index < -0.39 is 0 Å². The third-order valence-electron chi connectivity index (χ3n) is 11.3. The summed E-state index contributed by atoms with van der Waals surface area (Å²) in [4.78, 5) is 9.44. The van der Waals surface area contributed by atoms with Crippen LogP contribution in [0.2, 0.25) is 0 Å². The summed E-state index contributed by atoms with van der Waals surface area (Å²) >= 11 is 0. The maximum Gasteiger partial charge on any atom is 0.145 e. The first-order valence-electron chi connectivity index (χ1n) is 20.1. The lowest BCUT2D eigenvalue weighted by Gasteiger charge is -2.13. The minimum atomic E-state index is 0.696. The van der Waals surface area contributed by atoms with E-state index in [1.54, 1.807) is 0 Å². The van der Waals surface area contributed by atoms with Crippen molar-refractivity contribution in [2.75, 3.05) is 0 Å². The molecule has 0 saturated heterocycles. The molecule has 0 aliphatic carbocycles. The molecule has 6 heterocycles. The summed E-state index contributed by atoms with van der Waals surface area (Å²) in [5.74, 6) is 1.39. The molecule has 0 aliphatic heterocycles. The third-order valence-corrected chi connectivity index (χ3v) is 11.3. The first kappa shape index (κ1) is 34.5. The maximum absolute atomic E-state index is 6.50. The first-order valence-corrected chi connectivity index (χ1v) is 20.1. The summed E-state index contributed by atoms with van der Waals surface area (Å²) in [6.07, 6.45) is 7.36. The average molecular weight is 787 g/mol. The Kier molecular flexibility index (Phi) is 7.95. The van der Waals surface area contributed by atoms with E-state index in [-0.39, 0.29) is 0 Å². The van der Waals surface area contributed by atoms with E-state index in [1.807, 2.05) is 107 Å². The molecule has 6 aromatic heterocycles. The highest BCUT2D eigenvalue weighted by Crippen LogP contribution is 2.35. The lowest BCUT2D eigenvalue weighted by molar-refractivity contribution is 0.482. The molecule has 61 heavy (non-hydrogen) atoms. The Morgan fingerprint density at radius 1 is 0.361 bits per heavy atom. The highest BCUT2D eigenvalue weighted by molar-refractivity contribution is 6.08. The van der Waals surface area contributed by atoms with Crippen LogP contribution in [-0.2, 0) is 0 Å². The van der Waals surface area contributed by atoms with Gasteiger partial charge in [0.15, 0.2) is 0 Å². The molecule has 0 spiro atoms. The monoisotopic (exact) mass is 786 g/mol. The van der Waals surface area contributed by atoms with Gasteiger partial charge in [0, 0.05) is 63.2 Å². The Morgan fingerprint density at radius 2 is 0.885 bits per heavy atom. The first-order chi connectivity index (χ1) is 30.2. The van der Waals surface area contributed by atoms with Crippen LogP contribution in [0, 0.1) is 0 Å². The van der Waals surface area contributed by atoms with Crippen molar-refractivity contribution in [2.24, 2.45) is 0 Å². The Morgan fingerprint density at radius 3 is 1.54 bits per heavy atom. The van der Waals surface area contributed by atoms with Crippen molar-refractivity contribution in [3.8, 4) is 56.8 Å². The molecule has 6 aromatic carbocycles. The van der Waals surface area contributed by atoms with Crippen LogP contribution in [0.1, 0.15) is 0 Å². The molecule has 9 nitrogen and oxygen atoms in total. The van der Waals surface area contributed by atoms with Crippen LogP contribution >= 0.6 is 0 Å². The van der Waals surface area contributed by atoms with Crippen molar-refractivity contribution in [2.45, 2.75) is 0 Å². The Hall–Kier alpha value is -8.56. The Balaban J connectivity index is 0.806. The van der Waals surface area contributed by atoms with E-state index in [9.17, 15) is 0 Å². The zero-order chi connectivity index (χ0) is 40.3. The zero-order valence-corrected chi connectivity index (χ0v) is 32.6. The molecule has 0 saturated carbocycles. The summed E-state index contributed by atoms with van der Waals surface area (Å²) < 4.78 is 14.9. The van der Waals surface area contributed by atoms with Crippen LogP contribution in [0.4, 0.5) is 0 Å². The lowest BCUT2D eigenvalue weighted by Crippen LogP contribution is -2.01. The van der Waals surface area contributed by atoms with E-state index in [1.165, 1.54) is 5.39 Å². The molecule has 0 N–H and O–H groups in total. The fraction of sp³-hybridized carbons (Fsp3) is 0. The van der Waals surface area contributed by atoms with E-state index in [0.29, 0.717) is 11.5 Å². The van der Waals surface area contributed by atoms with Crippen LogP contribution in [0.5, 0.6) is 11.5 Å². The smallest absolute Gasteiger partial charge is 0.145 e. The molecular formula is C52H34N8O. The van der Waals surface area contributed by atoms with Gasteiger partial charge in [-0.1, -0.05) is 72.8 Å². The normalized spacial score (nSPS) is 11.6. The van der Waals surface area contributed by atoms with Gasteiger partial charge in [0.1, 0.15) is 17.1 Å². The van der Waals surface area contributed by atoms with Crippen LogP contribution < -0.4 is 4.74 Å². The topological polar surface area (TPSA) is 80.5 Å². The Labute approximate surface area is 349 Å². The summed E-state index contributed by atoms with van der Waals surface area (Å²) in [5, 5.41) is 12.9. The molecule has 0 radical (unpaired) electrons. The van der Waals surface area contributed by atoms with Gasteiger partial charge in [-0.15, -0.1) is 0 Å². The molecule has 0 amide bonds. The number of hydrogen-bond donors (Lipinski definition) is 0. The highest BCUT2D eigenvalue weighted by atomic mass is 16.5. The zero-order valence-electron chi connectivity index (χ0n) is 32.6. The minimum Gasteiger partial charge on any atom is -0.457 e. The number of rotatable bonds is 8. The predicted octanol–water partition coefficient (Wildman–Crippen LogP) is 12.2. The van der Waals surface area contributed by atoms with Crippen LogP contribution in [0.3, 0.4) is 0 Å². The van der Waals surface area contributed by atoms with E-state index in [2.05, 4.69) is 118 Å². The Bertz CT molecular complexity index is 3230. The quantitative estimate of drug-likeness (QED) is 0.153. The van der Waals surface area contributed by atoms with Crippen LogP contribution in [0.15, 0.2) is 207 Å². The summed E-state index contributed by atoms with van der Waals surface area (Å²) in [7, 11) is 0. The second kappa shape index (κ2) is 14.1. The van der Waals surface area contributed by atoms with E-state index in [0.717, 1.165) is 83.8 Å². The van der Waals surface area contributed by atoms with Gasteiger partial charge in [0.25, 0.3) is 0 Å². The molecule has 9 heteroatoms. The largest absolute Gasteiger partial charge is 0.457 e. The second-order valence-electron chi connectivity index (χ2n) is 14.9. The van der Waals surface area contributed by atoms with Gasteiger partial charge < -0.3 is 9.30 Å². The molecular weight excluding hydrogens is 753 g/mol. The average Bonchev–Trinajstić information content (AvgIpc) is 4.14. The minimum absolute atomic E-state index is 0.696. The molecule has 0 aliphatic rings. The SMILES string of the molecule is c1cc(Oc2cccc(-n3nccc3-c3ccc(-n4c5ccccc5c5cccnc54)cc3)c2)cc(-n2nccc2-c2ccc(-n3c4ccccc4c4ncccc43)cc2)c1. The van der Waals surface area contributed by atoms with Gasteiger partial charge in [0.05, 0.1) is 57.2 Å². The fourth-order valence-corrected chi connectivity index (χ4v) is 8.63. The van der Waals surface area contributed by atoms with Crippen molar-refractivity contribution in [3.63, 3.8) is 0 Å². The molecule has 288 valence electrons. The predicted molar refractivity (Wildman–Crippen MR) is 242 cm³/mol. The van der Waals surface area contributed by atoms with Gasteiger partial charge in [-0.2, -0.15) is 10.2 Å². The molecule has 0 bridgehead atoms. The van der Waals surface area contributed by atoms with Crippen LogP contribution in [0.25, 0.3) is 89.1 Å². The van der Waals surface area contributed by atoms with Crippen molar-refractivity contribution in [1.82, 2.24) is 38.7 Å². The third kappa shape index (κ3) is 5.78. The number of pyridine rings is 2. The number of aromatic nitrogens is 8. The lowest BCUT2D eigenvalue weighted by atomic mass is 10.1. The molecule has 0 fully saturated rings. The summed E-state index contributed by atoms with van der Waals surface area (Å²) in [6, 6.07) is 62.3. The van der Waals surface area contributed by atoms with Gasteiger partial charge in [0.2, 0.25) is 0 Å². The van der Waals surface area contributed by atoms with Crippen LogP contribution in [-0.4, -0.2) is 38.7 Å². The fourth-order valence-electron chi connectivity index (χ4n) is 8.63.